The molecule has 0 spiro atoms. The SMILES string of the molecule is Nc1ccc2ccccc2c1-c1c(NS(=O)(=O)c2ccc3ccccc3c2)ccc2ccccc12. The highest BCUT2D eigenvalue weighted by molar-refractivity contribution is 7.92. The molecule has 0 aliphatic carbocycles. The lowest BCUT2D eigenvalue weighted by Crippen LogP contribution is -2.14. The molecule has 0 saturated heterocycles. The summed E-state index contributed by atoms with van der Waals surface area (Å²) in [7, 11) is -3.86. The van der Waals surface area contributed by atoms with Gasteiger partial charge in [-0.1, -0.05) is 91.0 Å². The van der Waals surface area contributed by atoms with E-state index >= 15 is 0 Å². The molecule has 0 bridgehead atoms. The van der Waals surface area contributed by atoms with Crippen LogP contribution in [0.5, 0.6) is 0 Å². The minimum absolute atomic E-state index is 0.209. The van der Waals surface area contributed by atoms with Crippen LogP contribution < -0.4 is 10.5 Å². The van der Waals surface area contributed by atoms with Crippen molar-refractivity contribution in [1.82, 2.24) is 0 Å². The van der Waals surface area contributed by atoms with E-state index in [1.54, 1.807) is 12.1 Å². The summed E-state index contributed by atoms with van der Waals surface area (Å²) in [4.78, 5) is 0.209. The molecule has 0 atom stereocenters. The highest BCUT2D eigenvalue weighted by atomic mass is 32.2. The number of rotatable bonds is 4. The first-order chi connectivity index (χ1) is 17.0. The van der Waals surface area contributed by atoms with Crippen molar-refractivity contribution in [3.8, 4) is 11.1 Å². The summed E-state index contributed by atoms with van der Waals surface area (Å²) in [6.45, 7) is 0. The van der Waals surface area contributed by atoms with Gasteiger partial charge in [-0.3, -0.25) is 4.72 Å². The zero-order valence-corrected chi connectivity index (χ0v) is 19.6. The van der Waals surface area contributed by atoms with Crippen LogP contribution in [0.2, 0.25) is 0 Å². The van der Waals surface area contributed by atoms with Crippen molar-refractivity contribution >= 4 is 53.7 Å². The average molecular weight is 475 g/mol. The third-order valence-electron chi connectivity index (χ3n) is 6.42. The molecule has 0 heterocycles. The molecule has 6 aromatic rings. The van der Waals surface area contributed by atoms with Crippen molar-refractivity contribution < 1.29 is 8.42 Å². The second-order valence-electron chi connectivity index (χ2n) is 8.57. The Kier molecular flexibility index (Phi) is 4.94. The van der Waals surface area contributed by atoms with Crippen molar-refractivity contribution in [3.63, 3.8) is 0 Å². The summed E-state index contributed by atoms with van der Waals surface area (Å²) >= 11 is 0. The first kappa shape index (κ1) is 21.2. The molecule has 6 rings (SSSR count). The Bertz CT molecular complexity index is 1860. The summed E-state index contributed by atoms with van der Waals surface area (Å²) in [6, 6.07) is 36.4. The van der Waals surface area contributed by atoms with Gasteiger partial charge in [0.2, 0.25) is 0 Å². The Morgan fingerprint density at radius 2 is 1.09 bits per heavy atom. The predicted octanol–water partition coefficient (Wildman–Crippen LogP) is 7.20. The summed E-state index contributed by atoms with van der Waals surface area (Å²) in [6.07, 6.45) is 0. The molecule has 5 heteroatoms. The van der Waals surface area contributed by atoms with Gasteiger partial charge in [0, 0.05) is 16.8 Å². The van der Waals surface area contributed by atoms with Crippen LogP contribution in [0.15, 0.2) is 120 Å². The average Bonchev–Trinajstić information content (AvgIpc) is 2.88. The number of nitrogen functional groups attached to an aromatic ring is 1. The van der Waals surface area contributed by atoms with Gasteiger partial charge in [-0.2, -0.15) is 0 Å². The van der Waals surface area contributed by atoms with Crippen LogP contribution in [0.4, 0.5) is 11.4 Å². The molecule has 0 amide bonds. The smallest absolute Gasteiger partial charge is 0.261 e. The van der Waals surface area contributed by atoms with E-state index in [0.717, 1.165) is 43.4 Å². The first-order valence-corrected chi connectivity index (χ1v) is 12.8. The molecule has 4 nitrogen and oxygen atoms in total. The lowest BCUT2D eigenvalue weighted by Gasteiger charge is -2.19. The fourth-order valence-corrected chi connectivity index (χ4v) is 5.84. The van der Waals surface area contributed by atoms with Crippen molar-refractivity contribution in [2.45, 2.75) is 4.90 Å². The fraction of sp³-hybridized carbons (Fsp3) is 0. The molecular formula is C30H22N2O2S. The summed E-state index contributed by atoms with van der Waals surface area (Å²) < 4.78 is 30.0. The van der Waals surface area contributed by atoms with E-state index in [2.05, 4.69) is 4.72 Å². The van der Waals surface area contributed by atoms with Gasteiger partial charge in [0.25, 0.3) is 10.0 Å². The highest BCUT2D eigenvalue weighted by Crippen LogP contribution is 2.43. The molecule has 0 unspecified atom stereocenters. The Morgan fingerprint density at radius 3 is 1.80 bits per heavy atom. The number of hydrogen-bond donors (Lipinski definition) is 2. The second kappa shape index (κ2) is 8.15. The number of anilines is 2. The maximum atomic E-state index is 13.6. The van der Waals surface area contributed by atoms with Crippen LogP contribution in [0, 0.1) is 0 Å². The van der Waals surface area contributed by atoms with E-state index in [1.165, 1.54) is 0 Å². The third-order valence-corrected chi connectivity index (χ3v) is 7.78. The largest absolute Gasteiger partial charge is 0.398 e. The zero-order valence-electron chi connectivity index (χ0n) is 18.8. The highest BCUT2D eigenvalue weighted by Gasteiger charge is 2.21. The van der Waals surface area contributed by atoms with Gasteiger partial charge in [-0.15, -0.1) is 0 Å². The van der Waals surface area contributed by atoms with E-state index in [4.69, 9.17) is 5.73 Å². The third kappa shape index (κ3) is 3.66. The van der Waals surface area contributed by atoms with Gasteiger partial charge < -0.3 is 5.73 Å². The molecule has 0 fully saturated rings. The topological polar surface area (TPSA) is 72.2 Å². The fourth-order valence-electron chi connectivity index (χ4n) is 4.73. The van der Waals surface area contributed by atoms with E-state index in [9.17, 15) is 8.42 Å². The predicted molar refractivity (Wildman–Crippen MR) is 146 cm³/mol. The molecule has 3 N–H and O–H groups in total. The summed E-state index contributed by atoms with van der Waals surface area (Å²) in [5.41, 5.74) is 9.19. The number of sulfonamides is 1. The zero-order chi connectivity index (χ0) is 24.0. The number of hydrogen-bond acceptors (Lipinski definition) is 3. The normalized spacial score (nSPS) is 11.8. The standard InChI is InChI=1S/C30H22N2O2S/c31-27-17-14-21-8-3-5-11-25(21)29(27)30-26-12-6-4-9-22(26)15-18-28(30)32-35(33,34)24-16-13-20-7-1-2-10-23(20)19-24/h1-19,32H,31H2. The number of fused-ring (bicyclic) bond motifs is 3. The van der Waals surface area contributed by atoms with Crippen LogP contribution in [-0.4, -0.2) is 8.42 Å². The molecular weight excluding hydrogens is 452 g/mol. The molecule has 0 aliphatic rings. The molecule has 0 aliphatic heterocycles. The van der Waals surface area contributed by atoms with Crippen LogP contribution in [0.1, 0.15) is 0 Å². The van der Waals surface area contributed by atoms with Crippen LogP contribution in [0.25, 0.3) is 43.4 Å². The molecule has 0 radical (unpaired) electrons. The van der Waals surface area contributed by atoms with Gasteiger partial charge in [0.1, 0.15) is 0 Å². The van der Waals surface area contributed by atoms with E-state index < -0.39 is 10.0 Å². The quantitative estimate of drug-likeness (QED) is 0.265. The minimum Gasteiger partial charge on any atom is -0.398 e. The summed E-state index contributed by atoms with van der Waals surface area (Å²) in [5.74, 6) is 0. The number of nitrogens with one attached hydrogen (secondary N) is 1. The van der Waals surface area contributed by atoms with Gasteiger partial charge in [-0.25, -0.2) is 8.42 Å². The monoisotopic (exact) mass is 474 g/mol. The van der Waals surface area contributed by atoms with Gasteiger partial charge in [0.05, 0.1) is 10.6 Å². The Balaban J connectivity index is 1.59. The van der Waals surface area contributed by atoms with Gasteiger partial charge in [-0.05, 0) is 56.6 Å². The number of benzene rings is 6. The van der Waals surface area contributed by atoms with Crippen LogP contribution >= 0.6 is 0 Å². The molecule has 6 aromatic carbocycles. The maximum Gasteiger partial charge on any atom is 0.261 e. The second-order valence-corrected chi connectivity index (χ2v) is 10.3. The van der Waals surface area contributed by atoms with Crippen LogP contribution in [-0.2, 0) is 10.0 Å². The van der Waals surface area contributed by atoms with Crippen molar-refractivity contribution in [3.05, 3.63) is 115 Å². The van der Waals surface area contributed by atoms with E-state index in [-0.39, 0.29) is 4.90 Å². The Hall–Kier alpha value is -4.35. The van der Waals surface area contributed by atoms with Crippen molar-refractivity contribution in [1.29, 1.82) is 0 Å². The lowest BCUT2D eigenvalue weighted by molar-refractivity contribution is 0.601. The number of nitrogens with two attached hydrogens (primary N) is 1. The Labute approximate surface area is 203 Å². The molecule has 170 valence electrons. The van der Waals surface area contributed by atoms with E-state index in [1.807, 2.05) is 103 Å². The lowest BCUT2D eigenvalue weighted by atomic mass is 9.91. The molecule has 0 saturated carbocycles. The van der Waals surface area contributed by atoms with Gasteiger partial charge >= 0.3 is 0 Å². The van der Waals surface area contributed by atoms with Crippen molar-refractivity contribution in [2.75, 3.05) is 10.5 Å². The van der Waals surface area contributed by atoms with Gasteiger partial charge in [0.15, 0.2) is 0 Å². The Morgan fingerprint density at radius 1 is 0.543 bits per heavy atom. The van der Waals surface area contributed by atoms with Crippen molar-refractivity contribution in [2.24, 2.45) is 0 Å². The first-order valence-electron chi connectivity index (χ1n) is 11.3. The summed E-state index contributed by atoms with van der Waals surface area (Å²) in [5, 5.41) is 5.79. The minimum atomic E-state index is -3.86. The maximum absolute atomic E-state index is 13.6. The molecule has 35 heavy (non-hydrogen) atoms. The van der Waals surface area contributed by atoms with E-state index in [0.29, 0.717) is 11.4 Å². The van der Waals surface area contributed by atoms with Crippen LogP contribution in [0.3, 0.4) is 0 Å². The molecule has 0 aromatic heterocycles.